The zero-order valence-electron chi connectivity index (χ0n) is 22.1. The Balaban J connectivity index is 1.62. The fraction of sp³-hybridized carbons (Fsp3) is 0.966. The number of rotatable bonds is 13. The van der Waals surface area contributed by atoms with Gasteiger partial charge in [0.25, 0.3) is 0 Å². The minimum Gasteiger partial charge on any atom is -0.480 e. The lowest BCUT2D eigenvalue weighted by atomic mass is 9.61. The molecule has 3 rings (SSSR count). The lowest BCUT2D eigenvalue weighted by molar-refractivity contribution is -0.140. The van der Waals surface area contributed by atoms with Crippen LogP contribution in [0.15, 0.2) is 0 Å². The number of hydrogen-bond donors (Lipinski definition) is 2. The number of nitrogens with zero attached hydrogens (tertiary/aromatic N) is 1. The standard InChI is InChI=1S/C29H54N2O2/c1-4-6-7-8-9-10-11-23-14-17-27-26(19-23)25(24-15-12-22(3)13-16-24)20-28(30-27)31(18-5-2)21-29(32)33/h22-28,30H,4-21H2,1-3H3,(H,32,33). The van der Waals surface area contributed by atoms with Crippen LogP contribution in [0.4, 0.5) is 0 Å². The van der Waals surface area contributed by atoms with Gasteiger partial charge in [0.2, 0.25) is 0 Å². The van der Waals surface area contributed by atoms with Crippen LogP contribution >= 0.6 is 0 Å². The first-order valence-corrected chi connectivity index (χ1v) is 14.7. The summed E-state index contributed by atoms with van der Waals surface area (Å²) in [6, 6.07) is 0.599. The SMILES string of the molecule is CCCCCCCCC1CCC2NC(N(CCC)CC(=O)O)CC(C3CCC(C)CC3)C2C1. The largest absolute Gasteiger partial charge is 0.480 e. The topological polar surface area (TPSA) is 52.6 Å². The molecule has 4 nitrogen and oxygen atoms in total. The normalized spacial score (nSPS) is 34.8. The highest BCUT2D eigenvalue weighted by atomic mass is 16.4. The second-order valence-electron chi connectivity index (χ2n) is 12.0. The molecule has 0 aromatic carbocycles. The van der Waals surface area contributed by atoms with Crippen LogP contribution < -0.4 is 5.32 Å². The lowest BCUT2D eigenvalue weighted by Gasteiger charge is -2.52. The summed E-state index contributed by atoms with van der Waals surface area (Å²) in [7, 11) is 0. The molecular weight excluding hydrogens is 408 g/mol. The molecule has 0 amide bonds. The first kappa shape index (κ1) is 27.0. The minimum atomic E-state index is -0.682. The molecule has 1 aliphatic heterocycles. The minimum absolute atomic E-state index is 0.179. The van der Waals surface area contributed by atoms with E-state index in [4.69, 9.17) is 0 Å². The summed E-state index contributed by atoms with van der Waals surface area (Å²) in [4.78, 5) is 13.8. The van der Waals surface area contributed by atoms with Gasteiger partial charge in [-0.15, -0.1) is 0 Å². The maximum absolute atomic E-state index is 11.6. The maximum atomic E-state index is 11.6. The predicted octanol–water partition coefficient (Wildman–Crippen LogP) is 7.08. The number of carboxylic acids is 1. The van der Waals surface area contributed by atoms with Gasteiger partial charge in [-0.3, -0.25) is 15.0 Å². The highest BCUT2D eigenvalue weighted by Gasteiger charge is 2.45. The number of fused-ring (bicyclic) bond motifs is 1. The summed E-state index contributed by atoms with van der Waals surface area (Å²) < 4.78 is 0. The molecule has 5 atom stereocenters. The Hall–Kier alpha value is -0.610. The number of piperidine rings is 1. The van der Waals surface area contributed by atoms with Crippen molar-refractivity contribution in [1.29, 1.82) is 0 Å². The number of carbonyl (C=O) groups is 1. The summed E-state index contributed by atoms with van der Waals surface area (Å²) in [5.74, 6) is 3.59. The van der Waals surface area contributed by atoms with Gasteiger partial charge in [0.05, 0.1) is 12.7 Å². The third-order valence-corrected chi connectivity index (χ3v) is 9.38. The number of unbranched alkanes of at least 4 members (excludes halogenated alkanes) is 5. The van der Waals surface area contributed by atoms with E-state index < -0.39 is 5.97 Å². The number of carboxylic acid groups (broad SMARTS) is 1. The van der Waals surface area contributed by atoms with Crippen molar-refractivity contribution in [2.24, 2.45) is 29.6 Å². The zero-order chi connectivity index (χ0) is 23.6. The fourth-order valence-corrected chi connectivity index (χ4v) is 7.52. The Labute approximate surface area is 204 Å². The van der Waals surface area contributed by atoms with Crippen LogP contribution in [0.25, 0.3) is 0 Å². The van der Waals surface area contributed by atoms with Crippen molar-refractivity contribution in [3.63, 3.8) is 0 Å². The summed E-state index contributed by atoms with van der Waals surface area (Å²) in [6.45, 7) is 7.97. The van der Waals surface area contributed by atoms with Crippen molar-refractivity contribution in [2.45, 2.75) is 136 Å². The molecule has 5 unspecified atom stereocenters. The average Bonchev–Trinajstić information content (AvgIpc) is 2.80. The van der Waals surface area contributed by atoms with Gasteiger partial charge in [-0.05, 0) is 81.1 Å². The van der Waals surface area contributed by atoms with Crippen molar-refractivity contribution in [3.8, 4) is 0 Å². The van der Waals surface area contributed by atoms with E-state index in [9.17, 15) is 9.90 Å². The number of hydrogen-bond acceptors (Lipinski definition) is 3. The van der Waals surface area contributed by atoms with Crippen molar-refractivity contribution < 1.29 is 9.90 Å². The summed E-state index contributed by atoms with van der Waals surface area (Å²) in [5.41, 5.74) is 0. The summed E-state index contributed by atoms with van der Waals surface area (Å²) in [5, 5.41) is 13.5. The van der Waals surface area contributed by atoms with Gasteiger partial charge in [-0.25, -0.2) is 0 Å². The van der Waals surface area contributed by atoms with Crippen molar-refractivity contribution in [1.82, 2.24) is 10.2 Å². The lowest BCUT2D eigenvalue weighted by Crippen LogP contribution is -2.61. The van der Waals surface area contributed by atoms with Crippen LogP contribution in [0.1, 0.15) is 124 Å². The maximum Gasteiger partial charge on any atom is 0.317 e. The van der Waals surface area contributed by atoms with Gasteiger partial charge in [0.1, 0.15) is 0 Å². The third kappa shape index (κ3) is 8.23. The molecule has 3 aliphatic rings. The molecule has 33 heavy (non-hydrogen) atoms. The van der Waals surface area contributed by atoms with Crippen LogP contribution in [0.2, 0.25) is 0 Å². The highest BCUT2D eigenvalue weighted by molar-refractivity contribution is 5.69. The molecule has 1 saturated heterocycles. The summed E-state index contributed by atoms with van der Waals surface area (Å²) >= 11 is 0. The van der Waals surface area contributed by atoms with E-state index in [1.165, 1.54) is 89.9 Å². The molecule has 3 fully saturated rings. The first-order valence-electron chi connectivity index (χ1n) is 14.7. The van der Waals surface area contributed by atoms with Crippen LogP contribution in [0.5, 0.6) is 0 Å². The van der Waals surface area contributed by atoms with E-state index in [2.05, 4.69) is 31.0 Å². The Morgan fingerprint density at radius 3 is 2.30 bits per heavy atom. The van der Waals surface area contributed by atoms with E-state index in [1.54, 1.807) is 0 Å². The van der Waals surface area contributed by atoms with Crippen molar-refractivity contribution >= 4 is 5.97 Å². The van der Waals surface area contributed by atoms with Gasteiger partial charge < -0.3 is 5.11 Å². The van der Waals surface area contributed by atoms with E-state index in [1.807, 2.05) is 0 Å². The van der Waals surface area contributed by atoms with Gasteiger partial charge in [0.15, 0.2) is 0 Å². The Morgan fingerprint density at radius 1 is 0.879 bits per heavy atom. The number of nitrogens with one attached hydrogen (secondary N) is 1. The first-order chi connectivity index (χ1) is 16.0. The molecule has 0 spiro atoms. The second kappa shape index (κ2) is 14.1. The molecule has 2 aliphatic carbocycles. The molecule has 0 aromatic heterocycles. The predicted molar refractivity (Wildman–Crippen MR) is 138 cm³/mol. The van der Waals surface area contributed by atoms with Gasteiger partial charge in [-0.1, -0.05) is 78.6 Å². The Morgan fingerprint density at radius 2 is 1.61 bits per heavy atom. The van der Waals surface area contributed by atoms with Crippen molar-refractivity contribution in [3.05, 3.63) is 0 Å². The van der Waals surface area contributed by atoms with Crippen LogP contribution in [0.3, 0.4) is 0 Å². The van der Waals surface area contributed by atoms with Crippen LogP contribution in [-0.4, -0.2) is 41.3 Å². The molecule has 4 heteroatoms. The average molecular weight is 463 g/mol. The zero-order valence-corrected chi connectivity index (χ0v) is 22.1. The number of aliphatic carboxylic acids is 1. The Kier molecular flexibility index (Phi) is 11.5. The third-order valence-electron chi connectivity index (χ3n) is 9.38. The highest BCUT2D eigenvalue weighted by Crippen LogP contribution is 2.47. The van der Waals surface area contributed by atoms with E-state index >= 15 is 0 Å². The molecular formula is C29H54N2O2. The quantitative estimate of drug-likeness (QED) is 0.287. The second-order valence-corrected chi connectivity index (χ2v) is 12.0. The fourth-order valence-electron chi connectivity index (χ4n) is 7.52. The van der Waals surface area contributed by atoms with E-state index in [0.29, 0.717) is 6.04 Å². The monoisotopic (exact) mass is 462 g/mol. The molecule has 2 N–H and O–H groups in total. The molecule has 1 heterocycles. The molecule has 0 aromatic rings. The Bertz CT molecular complexity index is 560. The molecule has 0 bridgehead atoms. The van der Waals surface area contributed by atoms with Gasteiger partial charge >= 0.3 is 5.97 Å². The molecule has 192 valence electrons. The van der Waals surface area contributed by atoms with E-state index in [0.717, 1.165) is 49.0 Å². The summed E-state index contributed by atoms with van der Waals surface area (Å²) in [6.07, 6.45) is 22.0. The van der Waals surface area contributed by atoms with Gasteiger partial charge in [0, 0.05) is 6.04 Å². The smallest absolute Gasteiger partial charge is 0.317 e. The molecule has 0 radical (unpaired) electrons. The van der Waals surface area contributed by atoms with Crippen LogP contribution in [-0.2, 0) is 4.79 Å². The van der Waals surface area contributed by atoms with Gasteiger partial charge in [-0.2, -0.15) is 0 Å². The molecule has 2 saturated carbocycles. The van der Waals surface area contributed by atoms with Crippen LogP contribution in [0, 0.1) is 29.6 Å². The van der Waals surface area contributed by atoms with E-state index in [-0.39, 0.29) is 12.7 Å². The van der Waals surface area contributed by atoms with Crippen molar-refractivity contribution in [2.75, 3.05) is 13.1 Å².